The lowest BCUT2D eigenvalue weighted by molar-refractivity contribution is -0.128. The minimum absolute atomic E-state index is 0.0528. The third kappa shape index (κ3) is 4.86. The predicted octanol–water partition coefficient (Wildman–Crippen LogP) is 3.26. The van der Waals surface area contributed by atoms with Gasteiger partial charge in [0.1, 0.15) is 23.0 Å². The Kier molecular flexibility index (Phi) is 6.65. The van der Waals surface area contributed by atoms with E-state index in [1.54, 1.807) is 11.0 Å². The van der Waals surface area contributed by atoms with Gasteiger partial charge in [0.15, 0.2) is 0 Å². The van der Waals surface area contributed by atoms with E-state index in [1.807, 2.05) is 25.1 Å². The summed E-state index contributed by atoms with van der Waals surface area (Å²) in [6, 6.07) is 8.95. The van der Waals surface area contributed by atoms with Crippen LogP contribution in [0.3, 0.4) is 0 Å². The van der Waals surface area contributed by atoms with Crippen LogP contribution >= 0.6 is 34.7 Å². The van der Waals surface area contributed by atoms with Crippen LogP contribution in [-0.4, -0.2) is 28.1 Å². The summed E-state index contributed by atoms with van der Waals surface area (Å²) in [6.45, 7) is 2.95. The minimum Gasteiger partial charge on any atom is -0.383 e. The Morgan fingerprint density at radius 3 is 2.68 bits per heavy atom. The van der Waals surface area contributed by atoms with Gasteiger partial charge in [0.05, 0.1) is 27.8 Å². The predicted molar refractivity (Wildman–Crippen MR) is 99.2 cm³/mol. The highest BCUT2D eigenvalue weighted by molar-refractivity contribution is 8.00. The molecule has 0 saturated heterocycles. The van der Waals surface area contributed by atoms with Crippen LogP contribution in [0.2, 0.25) is 4.34 Å². The molecule has 6 nitrogen and oxygen atoms in total. The number of hydrogen-bond acceptors (Lipinski definition) is 7. The maximum atomic E-state index is 12.4. The quantitative estimate of drug-likeness (QED) is 0.757. The van der Waals surface area contributed by atoms with Crippen molar-refractivity contribution in [2.45, 2.75) is 18.5 Å². The van der Waals surface area contributed by atoms with Crippen molar-refractivity contribution in [2.75, 3.05) is 18.0 Å². The average molecular weight is 392 g/mol. The smallest absolute Gasteiger partial charge is 0.233 e. The van der Waals surface area contributed by atoms with Crippen LogP contribution in [0.25, 0.3) is 0 Å². The van der Waals surface area contributed by atoms with Gasteiger partial charge in [-0.1, -0.05) is 23.4 Å². The lowest BCUT2D eigenvalue weighted by atomic mass is 10.2. The van der Waals surface area contributed by atoms with Gasteiger partial charge in [-0.3, -0.25) is 4.79 Å². The third-order valence-electron chi connectivity index (χ3n) is 3.30. The summed E-state index contributed by atoms with van der Waals surface area (Å²) >= 11 is 8.49. The van der Waals surface area contributed by atoms with Gasteiger partial charge in [-0.05, 0) is 25.1 Å². The molecule has 0 saturated carbocycles. The molecule has 25 heavy (non-hydrogen) atoms. The van der Waals surface area contributed by atoms with Gasteiger partial charge in [-0.15, -0.1) is 11.3 Å². The zero-order valence-corrected chi connectivity index (χ0v) is 15.7. The van der Waals surface area contributed by atoms with Crippen molar-refractivity contribution in [3.8, 4) is 12.1 Å². The summed E-state index contributed by atoms with van der Waals surface area (Å²) < 4.78 is 0.684. The second-order valence-corrected chi connectivity index (χ2v) is 7.66. The number of nitrogen functional groups attached to an aromatic ring is 1. The first-order chi connectivity index (χ1) is 12.0. The molecule has 0 aliphatic heterocycles. The van der Waals surface area contributed by atoms with Crippen molar-refractivity contribution < 1.29 is 4.79 Å². The number of aromatic nitrogens is 1. The fraction of sp³-hybridized carbons (Fsp3) is 0.250. The second-order valence-electron chi connectivity index (χ2n) is 4.90. The van der Waals surface area contributed by atoms with Crippen LogP contribution in [0.15, 0.2) is 23.2 Å². The normalized spacial score (nSPS) is 10.1. The van der Waals surface area contributed by atoms with Crippen molar-refractivity contribution >= 4 is 46.4 Å². The number of halogens is 1. The highest BCUT2D eigenvalue weighted by atomic mass is 35.5. The second kappa shape index (κ2) is 8.72. The van der Waals surface area contributed by atoms with E-state index in [-0.39, 0.29) is 28.6 Å². The van der Waals surface area contributed by atoms with E-state index >= 15 is 0 Å². The van der Waals surface area contributed by atoms with Crippen LogP contribution in [-0.2, 0) is 11.3 Å². The molecule has 2 N–H and O–H groups in total. The number of amides is 1. The molecule has 0 fully saturated rings. The van der Waals surface area contributed by atoms with Crippen molar-refractivity contribution in [3.05, 3.63) is 38.5 Å². The molecule has 2 rings (SSSR count). The van der Waals surface area contributed by atoms with E-state index < -0.39 is 0 Å². The monoisotopic (exact) mass is 391 g/mol. The summed E-state index contributed by atoms with van der Waals surface area (Å²) in [4.78, 5) is 19.2. The number of carbonyl (C=O) groups excluding carboxylic acids is 1. The van der Waals surface area contributed by atoms with E-state index in [0.29, 0.717) is 22.5 Å². The minimum atomic E-state index is -0.0781. The van der Waals surface area contributed by atoms with Crippen molar-refractivity contribution in [2.24, 2.45) is 0 Å². The van der Waals surface area contributed by atoms with Gasteiger partial charge in [-0.25, -0.2) is 4.98 Å². The van der Waals surface area contributed by atoms with Gasteiger partial charge >= 0.3 is 0 Å². The summed E-state index contributed by atoms with van der Waals surface area (Å²) in [7, 11) is 0. The molecule has 1 amide bonds. The first-order valence-electron chi connectivity index (χ1n) is 7.24. The number of pyridine rings is 1. The first kappa shape index (κ1) is 19.1. The highest BCUT2D eigenvalue weighted by Gasteiger charge is 2.16. The maximum absolute atomic E-state index is 12.4. The number of hydrogen-bond donors (Lipinski definition) is 1. The molecule has 0 radical (unpaired) electrons. The molecule has 0 aliphatic carbocycles. The number of nitrogens with two attached hydrogens (primary N) is 1. The number of rotatable bonds is 6. The molecule has 2 heterocycles. The molecular formula is C16H14ClN5OS2. The largest absolute Gasteiger partial charge is 0.383 e. The van der Waals surface area contributed by atoms with Crippen LogP contribution in [0, 0.1) is 22.7 Å². The van der Waals surface area contributed by atoms with Crippen molar-refractivity contribution in [3.63, 3.8) is 0 Å². The maximum Gasteiger partial charge on any atom is 0.233 e. The number of nitriles is 2. The summed E-state index contributed by atoms with van der Waals surface area (Å²) in [5, 5.41) is 18.5. The topological polar surface area (TPSA) is 107 Å². The zero-order valence-electron chi connectivity index (χ0n) is 13.3. The van der Waals surface area contributed by atoms with Gasteiger partial charge in [0, 0.05) is 11.4 Å². The van der Waals surface area contributed by atoms with E-state index in [9.17, 15) is 10.1 Å². The van der Waals surface area contributed by atoms with E-state index in [0.717, 1.165) is 16.6 Å². The lowest BCUT2D eigenvalue weighted by Gasteiger charge is -2.20. The number of carbonyl (C=O) groups is 1. The Balaban J connectivity index is 2.07. The molecule has 2 aromatic rings. The Morgan fingerprint density at radius 1 is 1.40 bits per heavy atom. The average Bonchev–Trinajstić information content (AvgIpc) is 3.02. The van der Waals surface area contributed by atoms with Gasteiger partial charge in [0.25, 0.3) is 0 Å². The molecule has 128 valence electrons. The standard InChI is InChI=1S/C16H14ClN5OS2/c1-2-22(8-12-3-4-13(17)25-12)14(23)9-24-16-11(7-19)5-10(6-18)15(20)21-16/h3-5H,2,8-9H2,1H3,(H2,20,21). The van der Waals surface area contributed by atoms with Crippen molar-refractivity contribution in [1.82, 2.24) is 9.88 Å². The molecule has 0 aliphatic rings. The Bertz CT molecular complexity index is 868. The van der Waals surface area contributed by atoms with E-state index in [2.05, 4.69) is 4.98 Å². The van der Waals surface area contributed by atoms with Crippen LogP contribution in [0.1, 0.15) is 22.9 Å². The zero-order chi connectivity index (χ0) is 18.4. The lowest BCUT2D eigenvalue weighted by Crippen LogP contribution is -2.31. The fourth-order valence-corrected chi connectivity index (χ4v) is 3.98. The molecule has 9 heteroatoms. The molecule has 0 spiro atoms. The Hall–Kier alpha value is -2.26. The molecule has 0 bridgehead atoms. The Morgan fingerprint density at radius 2 is 2.12 bits per heavy atom. The molecule has 2 aromatic heterocycles. The first-order valence-corrected chi connectivity index (χ1v) is 9.42. The fourth-order valence-electron chi connectivity index (χ4n) is 2.01. The number of thiophene rings is 1. The number of nitrogens with zero attached hydrogens (tertiary/aromatic N) is 4. The summed E-state index contributed by atoms with van der Waals surface area (Å²) in [5.74, 6) is 0.0997. The van der Waals surface area contributed by atoms with E-state index in [1.165, 1.54) is 17.4 Å². The highest BCUT2D eigenvalue weighted by Crippen LogP contribution is 2.25. The SMILES string of the molecule is CCN(Cc1ccc(Cl)s1)C(=O)CSc1nc(N)c(C#N)cc1C#N. The molecule has 0 aromatic carbocycles. The number of anilines is 1. The van der Waals surface area contributed by atoms with Crippen LogP contribution < -0.4 is 5.73 Å². The van der Waals surface area contributed by atoms with Gasteiger partial charge in [-0.2, -0.15) is 10.5 Å². The van der Waals surface area contributed by atoms with Gasteiger partial charge in [0.2, 0.25) is 5.91 Å². The van der Waals surface area contributed by atoms with Crippen LogP contribution in [0.4, 0.5) is 5.82 Å². The summed E-state index contributed by atoms with van der Waals surface area (Å²) in [6.07, 6.45) is 0. The van der Waals surface area contributed by atoms with Gasteiger partial charge < -0.3 is 10.6 Å². The molecule has 0 atom stereocenters. The van der Waals surface area contributed by atoms with Crippen LogP contribution in [0.5, 0.6) is 0 Å². The van der Waals surface area contributed by atoms with E-state index in [4.69, 9.17) is 22.6 Å². The Labute approximate surface area is 158 Å². The third-order valence-corrected chi connectivity index (χ3v) is 5.49. The van der Waals surface area contributed by atoms with Crippen molar-refractivity contribution in [1.29, 1.82) is 10.5 Å². The number of thioether (sulfide) groups is 1. The molecule has 0 unspecified atom stereocenters. The summed E-state index contributed by atoms with van der Waals surface area (Å²) in [5.41, 5.74) is 6.07. The molecular weight excluding hydrogens is 378 g/mol.